The van der Waals surface area contributed by atoms with E-state index in [0.29, 0.717) is 44.0 Å². The molecule has 2 atom stereocenters. The summed E-state index contributed by atoms with van der Waals surface area (Å²) in [5.74, 6) is -0.432. The van der Waals surface area contributed by atoms with Crippen LogP contribution < -0.4 is 10.6 Å². The molecule has 33 heavy (non-hydrogen) atoms. The smallest absolute Gasteiger partial charge is 0.338 e. The Morgan fingerprint density at radius 1 is 1.18 bits per heavy atom. The number of ether oxygens (including phenoxy) is 1. The van der Waals surface area contributed by atoms with Crippen molar-refractivity contribution in [1.82, 2.24) is 25.3 Å². The average Bonchev–Trinajstić information content (AvgIpc) is 2.77. The summed E-state index contributed by atoms with van der Waals surface area (Å²) in [5.41, 5.74) is 3.00. The number of carbonyl (C=O) groups excluding carboxylic acids is 3. The van der Waals surface area contributed by atoms with E-state index in [4.69, 9.17) is 4.74 Å². The number of hydrogen-bond donors (Lipinski definition) is 2. The number of hydrogen-bond acceptors (Lipinski definition) is 5. The van der Waals surface area contributed by atoms with Crippen molar-refractivity contribution in [2.75, 3.05) is 46.4 Å². The summed E-state index contributed by atoms with van der Waals surface area (Å²) in [5, 5.41) is 5.81. The van der Waals surface area contributed by atoms with Crippen molar-refractivity contribution in [1.29, 1.82) is 0 Å². The molecule has 1 aromatic rings. The molecule has 0 saturated carbocycles. The first kappa shape index (κ1) is 24.6. The van der Waals surface area contributed by atoms with Crippen LogP contribution in [0.4, 0.5) is 9.59 Å². The highest BCUT2D eigenvalue weighted by Gasteiger charge is 2.38. The van der Waals surface area contributed by atoms with E-state index < -0.39 is 12.0 Å². The summed E-state index contributed by atoms with van der Waals surface area (Å²) in [6, 6.07) is 6.87. The van der Waals surface area contributed by atoms with Gasteiger partial charge in [-0.05, 0) is 33.3 Å². The van der Waals surface area contributed by atoms with Gasteiger partial charge in [0.1, 0.15) is 0 Å². The molecular weight excluding hydrogens is 422 g/mol. The normalized spacial score (nSPS) is 21.7. The van der Waals surface area contributed by atoms with Crippen LogP contribution in [0.5, 0.6) is 0 Å². The highest BCUT2D eigenvalue weighted by molar-refractivity contribution is 5.95. The third-order valence-electron chi connectivity index (χ3n) is 6.16. The van der Waals surface area contributed by atoms with Crippen molar-refractivity contribution in [3.8, 4) is 0 Å². The van der Waals surface area contributed by atoms with Crippen molar-refractivity contribution < 1.29 is 19.1 Å². The van der Waals surface area contributed by atoms with Gasteiger partial charge in [-0.3, -0.25) is 9.80 Å². The minimum absolute atomic E-state index is 0.00700. The van der Waals surface area contributed by atoms with Gasteiger partial charge in [0.25, 0.3) is 0 Å². The quantitative estimate of drug-likeness (QED) is 0.639. The third kappa shape index (κ3) is 5.47. The second-order valence-electron chi connectivity index (χ2n) is 8.55. The molecule has 180 valence electrons. The molecule has 1 fully saturated rings. The van der Waals surface area contributed by atoms with Gasteiger partial charge in [0.2, 0.25) is 0 Å². The molecule has 0 aromatic heterocycles. The number of nitrogens with one attached hydrogen (secondary N) is 2. The maximum atomic E-state index is 13.1. The minimum atomic E-state index is -0.586. The van der Waals surface area contributed by atoms with Gasteiger partial charge < -0.3 is 20.3 Å². The number of urea groups is 2. The Kier molecular flexibility index (Phi) is 7.97. The summed E-state index contributed by atoms with van der Waals surface area (Å²) in [6.45, 7) is 10.8. The zero-order valence-electron chi connectivity index (χ0n) is 20.2. The van der Waals surface area contributed by atoms with E-state index in [1.165, 1.54) is 4.90 Å². The van der Waals surface area contributed by atoms with Crippen molar-refractivity contribution in [2.24, 2.45) is 0 Å². The van der Waals surface area contributed by atoms with Gasteiger partial charge in [-0.25, -0.2) is 14.4 Å². The number of rotatable bonds is 6. The average molecular weight is 458 g/mol. The summed E-state index contributed by atoms with van der Waals surface area (Å²) < 4.78 is 5.40. The molecule has 0 bridgehead atoms. The van der Waals surface area contributed by atoms with Gasteiger partial charge in [-0.1, -0.05) is 29.8 Å². The molecule has 9 nitrogen and oxygen atoms in total. The molecule has 9 heteroatoms. The molecule has 2 N–H and O–H groups in total. The molecule has 0 unspecified atom stereocenters. The molecule has 1 saturated heterocycles. The zero-order valence-corrected chi connectivity index (χ0v) is 20.2. The fraction of sp³-hybridized carbons (Fsp3) is 0.542. The largest absolute Gasteiger partial charge is 0.463 e. The monoisotopic (exact) mass is 457 g/mol. The first-order valence-electron chi connectivity index (χ1n) is 11.5. The maximum Gasteiger partial charge on any atom is 0.338 e. The predicted molar refractivity (Wildman–Crippen MR) is 126 cm³/mol. The van der Waals surface area contributed by atoms with Gasteiger partial charge in [0.05, 0.1) is 18.2 Å². The molecule has 4 amide bonds. The van der Waals surface area contributed by atoms with E-state index in [2.05, 4.69) is 15.5 Å². The number of amides is 4. The summed E-state index contributed by atoms with van der Waals surface area (Å²) in [6.07, 6.45) is 0. The predicted octanol–water partition coefficient (Wildman–Crippen LogP) is 2.24. The molecule has 3 rings (SSSR count). The van der Waals surface area contributed by atoms with Crippen molar-refractivity contribution in [3.05, 3.63) is 46.7 Å². The van der Waals surface area contributed by atoms with Crippen LogP contribution in [0.25, 0.3) is 0 Å². The lowest BCUT2D eigenvalue weighted by molar-refractivity contribution is -0.139. The number of piperazine rings is 1. The number of esters is 1. The molecule has 0 spiro atoms. The highest BCUT2D eigenvalue weighted by atomic mass is 16.5. The van der Waals surface area contributed by atoms with Crippen LogP contribution in [0.15, 0.2) is 35.5 Å². The fourth-order valence-corrected chi connectivity index (χ4v) is 4.35. The Labute approximate surface area is 195 Å². The van der Waals surface area contributed by atoms with Crippen LogP contribution in [-0.2, 0) is 9.53 Å². The van der Waals surface area contributed by atoms with E-state index in [0.717, 1.165) is 11.1 Å². The lowest BCUT2D eigenvalue weighted by atomic mass is 9.93. The molecule has 1 aromatic carbocycles. The maximum absolute atomic E-state index is 13.1. The van der Waals surface area contributed by atoms with E-state index in [-0.39, 0.29) is 24.7 Å². The van der Waals surface area contributed by atoms with Crippen LogP contribution in [0.2, 0.25) is 0 Å². The molecule has 2 aliphatic heterocycles. The summed E-state index contributed by atoms with van der Waals surface area (Å²) in [7, 11) is 1.67. The van der Waals surface area contributed by atoms with Gasteiger partial charge >= 0.3 is 18.0 Å². The van der Waals surface area contributed by atoms with Gasteiger partial charge in [-0.2, -0.15) is 0 Å². The van der Waals surface area contributed by atoms with Gasteiger partial charge in [0, 0.05) is 51.5 Å². The SMILES string of the molecule is CCNC(=O)N1CCN(CC2=C(C(=O)OCC)[C@@H](c3ccc(C)cc3)NC(=O)N2C)C[C@@H]1C. The standard InChI is InChI=1S/C24H35N5O4/c1-6-25-23(31)29-13-12-28(14-17(29)4)15-19-20(22(30)33-7-2)21(26-24(32)27(19)5)18-10-8-16(3)9-11-18/h8-11,17,21H,6-7,12-15H2,1-5H3,(H,25,31)(H,26,32)/t17-,21+/m0/s1. The minimum Gasteiger partial charge on any atom is -0.463 e. The first-order chi connectivity index (χ1) is 15.8. The fourth-order valence-electron chi connectivity index (χ4n) is 4.35. The molecular formula is C24H35N5O4. The third-order valence-corrected chi connectivity index (χ3v) is 6.16. The van der Waals surface area contributed by atoms with Crippen molar-refractivity contribution in [2.45, 2.75) is 39.8 Å². The highest BCUT2D eigenvalue weighted by Crippen LogP contribution is 2.32. The molecule has 2 heterocycles. The summed E-state index contributed by atoms with van der Waals surface area (Å²) >= 11 is 0. The summed E-state index contributed by atoms with van der Waals surface area (Å²) in [4.78, 5) is 43.7. The Morgan fingerprint density at radius 2 is 1.88 bits per heavy atom. The Bertz CT molecular complexity index is 914. The first-order valence-corrected chi connectivity index (χ1v) is 11.5. The Balaban J connectivity index is 1.91. The lowest BCUT2D eigenvalue weighted by Crippen LogP contribution is -2.57. The van der Waals surface area contributed by atoms with Gasteiger partial charge in [-0.15, -0.1) is 0 Å². The van der Waals surface area contributed by atoms with Crippen LogP contribution in [-0.4, -0.2) is 85.2 Å². The van der Waals surface area contributed by atoms with E-state index in [1.807, 2.05) is 49.9 Å². The second-order valence-corrected chi connectivity index (χ2v) is 8.55. The van der Waals surface area contributed by atoms with E-state index in [1.54, 1.807) is 14.0 Å². The van der Waals surface area contributed by atoms with Crippen molar-refractivity contribution >= 4 is 18.0 Å². The zero-order chi connectivity index (χ0) is 24.1. The van der Waals surface area contributed by atoms with E-state index >= 15 is 0 Å². The number of likely N-dealkylation sites (N-methyl/N-ethyl adjacent to an activating group) is 1. The van der Waals surface area contributed by atoms with Gasteiger partial charge in [0.15, 0.2) is 0 Å². The number of nitrogens with zero attached hydrogens (tertiary/aromatic N) is 3. The lowest BCUT2D eigenvalue weighted by Gasteiger charge is -2.42. The van der Waals surface area contributed by atoms with Crippen molar-refractivity contribution in [3.63, 3.8) is 0 Å². The Hall–Kier alpha value is -3.07. The van der Waals surface area contributed by atoms with E-state index in [9.17, 15) is 14.4 Å². The Morgan fingerprint density at radius 3 is 2.48 bits per heavy atom. The van der Waals surface area contributed by atoms with Crippen LogP contribution >= 0.6 is 0 Å². The topological polar surface area (TPSA) is 94.2 Å². The molecule has 0 radical (unpaired) electrons. The molecule has 2 aliphatic rings. The second kappa shape index (κ2) is 10.7. The number of aryl methyl sites for hydroxylation is 1. The van der Waals surface area contributed by atoms with Crippen LogP contribution in [0.1, 0.15) is 37.9 Å². The molecule has 0 aliphatic carbocycles. The number of carbonyl (C=O) groups is 3. The van der Waals surface area contributed by atoms with Crippen LogP contribution in [0.3, 0.4) is 0 Å². The van der Waals surface area contributed by atoms with Crippen LogP contribution in [0, 0.1) is 6.92 Å². The number of benzene rings is 1.